The van der Waals surface area contributed by atoms with Gasteiger partial charge < -0.3 is 14.4 Å². The molecule has 30 heavy (non-hydrogen) atoms. The van der Waals surface area contributed by atoms with E-state index in [1.54, 1.807) is 32.1 Å². The molecule has 0 aromatic heterocycles. The summed E-state index contributed by atoms with van der Waals surface area (Å²) in [5.74, 6) is 0.371. The maximum atomic E-state index is 13.0. The van der Waals surface area contributed by atoms with Crippen LogP contribution >= 0.6 is 0 Å². The molecule has 160 valence electrons. The molecule has 2 unspecified atom stereocenters. The van der Waals surface area contributed by atoms with Crippen LogP contribution in [-0.2, 0) is 14.4 Å². The molecule has 0 radical (unpaired) electrons. The summed E-state index contributed by atoms with van der Waals surface area (Å²) >= 11 is 0. The van der Waals surface area contributed by atoms with Crippen LogP contribution in [0.4, 0.5) is 5.69 Å². The first kappa shape index (κ1) is 21.6. The molecule has 1 aliphatic heterocycles. The molecule has 3 rings (SSSR count). The summed E-state index contributed by atoms with van der Waals surface area (Å²) in [5.41, 5.74) is 5.15. The van der Waals surface area contributed by atoms with Crippen LogP contribution in [-0.4, -0.2) is 32.6 Å². The van der Waals surface area contributed by atoms with E-state index >= 15 is 0 Å². The number of nitrogens with zero attached hydrogens (tertiary/aromatic N) is 1. The van der Waals surface area contributed by atoms with Crippen LogP contribution in [0, 0.1) is 12.8 Å². The number of benzene rings is 2. The number of hydrogen-bond acceptors (Lipinski definition) is 5. The molecular formula is C23H28N2O5. The minimum Gasteiger partial charge on any atom is -0.493 e. The fourth-order valence-electron chi connectivity index (χ4n) is 3.81. The van der Waals surface area contributed by atoms with E-state index in [2.05, 4.69) is 5.48 Å². The van der Waals surface area contributed by atoms with Gasteiger partial charge in [0.25, 0.3) is 0 Å². The van der Waals surface area contributed by atoms with Gasteiger partial charge in [0.15, 0.2) is 11.5 Å². The van der Waals surface area contributed by atoms with Crippen molar-refractivity contribution in [1.29, 1.82) is 0 Å². The van der Waals surface area contributed by atoms with Crippen molar-refractivity contribution >= 4 is 17.5 Å². The maximum absolute atomic E-state index is 13.0. The Balaban J connectivity index is 2.09. The van der Waals surface area contributed by atoms with E-state index in [9.17, 15) is 9.59 Å². The number of ether oxygens (including phenoxy) is 2. The number of hydroxylamine groups is 1. The molecule has 1 N–H and O–H groups in total. The predicted molar refractivity (Wildman–Crippen MR) is 113 cm³/mol. The van der Waals surface area contributed by atoms with Crippen molar-refractivity contribution in [2.45, 2.75) is 32.7 Å². The van der Waals surface area contributed by atoms with Crippen LogP contribution in [0.2, 0.25) is 0 Å². The van der Waals surface area contributed by atoms with Gasteiger partial charge in [0, 0.05) is 12.1 Å². The number of carbonyl (C=O) groups is 2. The number of amides is 2. The zero-order chi connectivity index (χ0) is 21.7. The van der Waals surface area contributed by atoms with Gasteiger partial charge in [0.05, 0.1) is 32.8 Å². The first-order chi connectivity index (χ1) is 14.5. The second-order valence-electron chi connectivity index (χ2n) is 7.20. The number of rotatable bonds is 7. The van der Waals surface area contributed by atoms with E-state index in [0.29, 0.717) is 24.5 Å². The topological polar surface area (TPSA) is 77.1 Å². The molecule has 1 aliphatic rings. The van der Waals surface area contributed by atoms with Gasteiger partial charge in [-0.2, -0.15) is 0 Å². The number of methoxy groups -OCH3 is 2. The van der Waals surface area contributed by atoms with Crippen LogP contribution in [0.5, 0.6) is 11.5 Å². The van der Waals surface area contributed by atoms with E-state index in [0.717, 1.165) is 16.8 Å². The van der Waals surface area contributed by atoms with Crippen LogP contribution in [0.1, 0.15) is 36.9 Å². The van der Waals surface area contributed by atoms with Crippen LogP contribution in [0.15, 0.2) is 42.5 Å². The Morgan fingerprint density at radius 1 is 1.10 bits per heavy atom. The predicted octanol–water partition coefficient (Wildman–Crippen LogP) is 3.56. The van der Waals surface area contributed by atoms with E-state index in [-0.39, 0.29) is 18.2 Å². The monoisotopic (exact) mass is 412 g/mol. The van der Waals surface area contributed by atoms with E-state index < -0.39 is 12.0 Å². The summed E-state index contributed by atoms with van der Waals surface area (Å²) in [6, 6.07) is 12.7. The quantitative estimate of drug-likeness (QED) is 0.704. The van der Waals surface area contributed by atoms with Crippen LogP contribution in [0.25, 0.3) is 0 Å². The number of piperidine rings is 1. The van der Waals surface area contributed by atoms with Crippen molar-refractivity contribution in [3.05, 3.63) is 53.6 Å². The van der Waals surface area contributed by atoms with Gasteiger partial charge in [-0.1, -0.05) is 23.8 Å². The van der Waals surface area contributed by atoms with Gasteiger partial charge in [-0.15, -0.1) is 0 Å². The average molecular weight is 412 g/mol. The lowest BCUT2D eigenvalue weighted by Crippen LogP contribution is -2.48. The van der Waals surface area contributed by atoms with Gasteiger partial charge >= 0.3 is 0 Å². The fraction of sp³-hybridized carbons (Fsp3) is 0.391. The molecule has 2 amide bonds. The van der Waals surface area contributed by atoms with E-state index in [1.165, 1.54) is 0 Å². The second-order valence-corrected chi connectivity index (χ2v) is 7.20. The van der Waals surface area contributed by atoms with Crippen molar-refractivity contribution in [3.63, 3.8) is 0 Å². The Kier molecular flexibility index (Phi) is 6.95. The molecule has 0 aliphatic carbocycles. The van der Waals surface area contributed by atoms with Crippen molar-refractivity contribution in [1.82, 2.24) is 5.48 Å². The summed E-state index contributed by atoms with van der Waals surface area (Å²) < 4.78 is 10.8. The lowest BCUT2D eigenvalue weighted by atomic mass is 9.83. The number of carbonyl (C=O) groups excluding carboxylic acids is 2. The molecule has 1 heterocycles. The number of aryl methyl sites for hydroxylation is 1. The lowest BCUT2D eigenvalue weighted by molar-refractivity contribution is -0.140. The lowest BCUT2D eigenvalue weighted by Gasteiger charge is -2.40. The summed E-state index contributed by atoms with van der Waals surface area (Å²) in [5, 5.41) is 0. The molecular weight excluding hydrogens is 384 g/mol. The third kappa shape index (κ3) is 4.41. The summed E-state index contributed by atoms with van der Waals surface area (Å²) in [4.78, 5) is 32.8. The molecule has 2 aromatic rings. The summed E-state index contributed by atoms with van der Waals surface area (Å²) in [7, 11) is 3.13. The van der Waals surface area contributed by atoms with Gasteiger partial charge in [-0.05, 0) is 50.1 Å². The average Bonchev–Trinajstić information content (AvgIpc) is 2.77. The van der Waals surface area contributed by atoms with Crippen molar-refractivity contribution < 1.29 is 23.9 Å². The largest absolute Gasteiger partial charge is 0.493 e. The zero-order valence-corrected chi connectivity index (χ0v) is 17.8. The molecule has 7 nitrogen and oxygen atoms in total. The molecule has 7 heteroatoms. The molecule has 1 saturated heterocycles. The maximum Gasteiger partial charge on any atom is 0.249 e. The SMILES string of the molecule is CCONC(=O)C1CCC(=O)N(c2ccc(C)cc2)C1c1ccc(OC)c(OC)c1. The molecule has 0 saturated carbocycles. The number of nitrogens with one attached hydrogen (secondary N) is 1. The summed E-state index contributed by atoms with van der Waals surface area (Å²) in [6.45, 7) is 4.15. The Hall–Kier alpha value is -3.06. The van der Waals surface area contributed by atoms with Crippen LogP contribution in [0.3, 0.4) is 0 Å². The Bertz CT molecular complexity index is 897. The minimum atomic E-state index is -0.505. The van der Waals surface area contributed by atoms with Gasteiger partial charge in [-0.3, -0.25) is 14.4 Å². The Morgan fingerprint density at radius 2 is 1.80 bits per heavy atom. The first-order valence-corrected chi connectivity index (χ1v) is 10.0. The Morgan fingerprint density at radius 3 is 2.43 bits per heavy atom. The molecule has 2 aromatic carbocycles. The van der Waals surface area contributed by atoms with E-state index in [4.69, 9.17) is 14.3 Å². The molecule has 0 spiro atoms. The molecule has 0 bridgehead atoms. The minimum absolute atomic E-state index is 0.0286. The Labute approximate surface area is 176 Å². The first-order valence-electron chi connectivity index (χ1n) is 10.0. The molecule has 2 atom stereocenters. The smallest absolute Gasteiger partial charge is 0.249 e. The second kappa shape index (κ2) is 9.63. The highest BCUT2D eigenvalue weighted by atomic mass is 16.6. The zero-order valence-electron chi connectivity index (χ0n) is 17.8. The van der Waals surface area contributed by atoms with Gasteiger partial charge in [0.2, 0.25) is 11.8 Å². The van der Waals surface area contributed by atoms with Crippen LogP contribution < -0.4 is 19.9 Å². The fourth-order valence-corrected chi connectivity index (χ4v) is 3.81. The van der Waals surface area contributed by atoms with E-state index in [1.807, 2.05) is 43.3 Å². The van der Waals surface area contributed by atoms with Crippen molar-refractivity contribution in [3.8, 4) is 11.5 Å². The highest BCUT2D eigenvalue weighted by molar-refractivity contribution is 5.97. The van der Waals surface area contributed by atoms with Crippen molar-refractivity contribution in [2.24, 2.45) is 5.92 Å². The highest BCUT2D eigenvalue weighted by Crippen LogP contribution is 2.42. The van der Waals surface area contributed by atoms with Gasteiger partial charge in [0.1, 0.15) is 0 Å². The number of anilines is 1. The highest BCUT2D eigenvalue weighted by Gasteiger charge is 2.42. The van der Waals surface area contributed by atoms with Crippen molar-refractivity contribution in [2.75, 3.05) is 25.7 Å². The third-order valence-corrected chi connectivity index (χ3v) is 5.31. The third-order valence-electron chi connectivity index (χ3n) is 5.31. The molecule has 1 fully saturated rings. The van der Waals surface area contributed by atoms with Gasteiger partial charge in [-0.25, -0.2) is 5.48 Å². The normalized spacial score (nSPS) is 18.8. The number of hydrogen-bond donors (Lipinski definition) is 1. The summed E-state index contributed by atoms with van der Waals surface area (Å²) in [6.07, 6.45) is 0.709. The standard InChI is InChI=1S/C23H28N2O5/c1-5-30-24-23(27)18-11-13-21(26)25(17-9-6-15(2)7-10-17)22(18)16-8-12-19(28-3)20(14-16)29-4/h6-10,12,14,18,22H,5,11,13H2,1-4H3,(H,24,27).